The van der Waals surface area contributed by atoms with Crippen LogP contribution in [-0.2, 0) is 4.79 Å². The second-order valence-corrected chi connectivity index (χ2v) is 6.22. The molecule has 0 bridgehead atoms. The predicted molar refractivity (Wildman–Crippen MR) is 105 cm³/mol. The van der Waals surface area contributed by atoms with Gasteiger partial charge in [-0.1, -0.05) is 30.3 Å². The van der Waals surface area contributed by atoms with Crippen LogP contribution >= 0.6 is 0 Å². The summed E-state index contributed by atoms with van der Waals surface area (Å²) in [6.45, 7) is 5.49. The van der Waals surface area contributed by atoms with Crippen molar-refractivity contribution in [2.24, 2.45) is 5.10 Å². The highest BCUT2D eigenvalue weighted by molar-refractivity contribution is 5.99. The Morgan fingerprint density at radius 1 is 1.19 bits per heavy atom. The van der Waals surface area contributed by atoms with Gasteiger partial charge < -0.3 is 9.30 Å². The van der Waals surface area contributed by atoms with Crippen LogP contribution in [0.15, 0.2) is 72.4 Å². The number of aromatic nitrogens is 2. The van der Waals surface area contributed by atoms with Gasteiger partial charge in [0.1, 0.15) is 5.75 Å². The molecule has 27 heavy (non-hydrogen) atoms. The molecular formula is C21H22N4O2. The highest BCUT2D eigenvalue weighted by atomic mass is 16.5. The number of amides is 1. The molecule has 3 rings (SSSR count). The Morgan fingerprint density at radius 2 is 1.93 bits per heavy atom. The molecule has 3 aromatic rings. The SMILES string of the molecule is C/C(=N\NC(=O)C(C)Oc1ccccc1C)c1ccc(-n2ccnc2)cc1. The van der Waals surface area contributed by atoms with Gasteiger partial charge in [0.05, 0.1) is 12.0 Å². The van der Waals surface area contributed by atoms with Crippen LogP contribution in [0.25, 0.3) is 5.69 Å². The van der Waals surface area contributed by atoms with Gasteiger partial charge in [-0.3, -0.25) is 4.79 Å². The zero-order valence-corrected chi connectivity index (χ0v) is 15.6. The van der Waals surface area contributed by atoms with Crippen molar-refractivity contribution in [1.29, 1.82) is 0 Å². The third-order valence-corrected chi connectivity index (χ3v) is 4.19. The van der Waals surface area contributed by atoms with Crippen molar-refractivity contribution in [3.63, 3.8) is 0 Å². The molecule has 1 aromatic heterocycles. The number of hydrogen-bond donors (Lipinski definition) is 1. The molecule has 1 amide bonds. The molecule has 0 saturated carbocycles. The molecule has 0 radical (unpaired) electrons. The molecule has 6 nitrogen and oxygen atoms in total. The highest BCUT2D eigenvalue weighted by Crippen LogP contribution is 2.17. The summed E-state index contributed by atoms with van der Waals surface area (Å²) in [5.74, 6) is 0.392. The van der Waals surface area contributed by atoms with Crippen molar-refractivity contribution in [2.75, 3.05) is 0 Å². The van der Waals surface area contributed by atoms with E-state index in [9.17, 15) is 4.79 Å². The summed E-state index contributed by atoms with van der Waals surface area (Å²) in [6.07, 6.45) is 4.71. The molecule has 6 heteroatoms. The Morgan fingerprint density at radius 3 is 2.59 bits per heavy atom. The fraction of sp³-hybridized carbons (Fsp3) is 0.190. The van der Waals surface area contributed by atoms with Crippen LogP contribution in [0.3, 0.4) is 0 Å². The van der Waals surface area contributed by atoms with E-state index < -0.39 is 6.10 Å². The van der Waals surface area contributed by atoms with E-state index in [2.05, 4.69) is 15.5 Å². The minimum Gasteiger partial charge on any atom is -0.481 e. The smallest absolute Gasteiger partial charge is 0.280 e. The first-order valence-electron chi connectivity index (χ1n) is 8.70. The number of nitrogens with zero attached hydrogens (tertiary/aromatic N) is 3. The lowest BCUT2D eigenvalue weighted by atomic mass is 10.1. The van der Waals surface area contributed by atoms with Crippen LogP contribution in [0.5, 0.6) is 5.75 Å². The summed E-state index contributed by atoms with van der Waals surface area (Å²) < 4.78 is 7.63. The van der Waals surface area contributed by atoms with Gasteiger partial charge >= 0.3 is 0 Å². The van der Waals surface area contributed by atoms with E-state index in [0.717, 1.165) is 16.8 Å². The number of para-hydroxylation sites is 1. The Labute approximate surface area is 158 Å². The van der Waals surface area contributed by atoms with Gasteiger partial charge in [-0.05, 0) is 50.1 Å². The minimum absolute atomic E-state index is 0.298. The molecule has 1 unspecified atom stereocenters. The van der Waals surface area contributed by atoms with E-state index in [4.69, 9.17) is 4.74 Å². The summed E-state index contributed by atoms with van der Waals surface area (Å²) >= 11 is 0. The molecule has 1 atom stereocenters. The number of aryl methyl sites for hydroxylation is 1. The lowest BCUT2D eigenvalue weighted by Gasteiger charge is -2.15. The number of carbonyl (C=O) groups excluding carboxylic acids is 1. The number of benzene rings is 2. The highest BCUT2D eigenvalue weighted by Gasteiger charge is 2.15. The molecule has 0 saturated heterocycles. The molecule has 0 fully saturated rings. The van der Waals surface area contributed by atoms with Crippen LogP contribution in [0, 0.1) is 6.92 Å². The van der Waals surface area contributed by atoms with Crippen molar-refractivity contribution in [1.82, 2.24) is 15.0 Å². The first kappa shape index (κ1) is 18.4. The van der Waals surface area contributed by atoms with Gasteiger partial charge in [0.25, 0.3) is 5.91 Å². The fourth-order valence-electron chi connectivity index (χ4n) is 2.51. The van der Waals surface area contributed by atoms with Crippen molar-refractivity contribution < 1.29 is 9.53 Å². The Balaban J connectivity index is 1.61. The maximum absolute atomic E-state index is 12.3. The third-order valence-electron chi connectivity index (χ3n) is 4.19. The number of imidazole rings is 1. The first-order chi connectivity index (χ1) is 13.0. The van der Waals surface area contributed by atoms with Crippen molar-refractivity contribution in [3.05, 3.63) is 78.4 Å². The summed E-state index contributed by atoms with van der Waals surface area (Å²) in [6, 6.07) is 15.4. The normalized spacial score (nSPS) is 12.5. The zero-order chi connectivity index (χ0) is 19.2. The Hall–Kier alpha value is -3.41. The van der Waals surface area contributed by atoms with Crippen LogP contribution in [0.4, 0.5) is 0 Å². The average molecular weight is 362 g/mol. The molecule has 2 aromatic carbocycles. The van der Waals surface area contributed by atoms with Crippen molar-refractivity contribution in [3.8, 4) is 11.4 Å². The molecule has 0 aliphatic heterocycles. The maximum Gasteiger partial charge on any atom is 0.280 e. The number of hydrogen-bond acceptors (Lipinski definition) is 4. The first-order valence-corrected chi connectivity index (χ1v) is 8.70. The molecule has 0 aliphatic carbocycles. The van der Waals surface area contributed by atoms with Gasteiger partial charge in [0, 0.05) is 18.1 Å². The average Bonchev–Trinajstić information content (AvgIpc) is 3.22. The number of nitrogens with one attached hydrogen (secondary N) is 1. The van der Waals surface area contributed by atoms with E-state index in [-0.39, 0.29) is 5.91 Å². The lowest BCUT2D eigenvalue weighted by molar-refractivity contribution is -0.127. The number of ether oxygens (including phenoxy) is 1. The summed E-state index contributed by atoms with van der Waals surface area (Å²) in [5.41, 5.74) is 6.19. The van der Waals surface area contributed by atoms with E-state index >= 15 is 0 Å². The van der Waals surface area contributed by atoms with Crippen molar-refractivity contribution in [2.45, 2.75) is 26.9 Å². The van der Waals surface area contributed by atoms with E-state index in [1.54, 1.807) is 19.4 Å². The lowest BCUT2D eigenvalue weighted by Crippen LogP contribution is -2.34. The summed E-state index contributed by atoms with van der Waals surface area (Å²) in [4.78, 5) is 16.3. The van der Waals surface area contributed by atoms with Gasteiger partial charge in [0.15, 0.2) is 6.10 Å². The largest absolute Gasteiger partial charge is 0.481 e. The number of rotatable bonds is 6. The van der Waals surface area contributed by atoms with Gasteiger partial charge in [-0.25, -0.2) is 10.4 Å². The van der Waals surface area contributed by atoms with Gasteiger partial charge in [-0.15, -0.1) is 0 Å². The molecule has 0 aliphatic rings. The molecule has 1 heterocycles. The summed E-state index contributed by atoms with van der Waals surface area (Å²) in [7, 11) is 0. The number of hydrazone groups is 1. The third kappa shape index (κ3) is 4.61. The fourth-order valence-corrected chi connectivity index (χ4v) is 2.51. The van der Waals surface area contributed by atoms with Crippen LogP contribution in [0.2, 0.25) is 0 Å². The Kier molecular flexibility index (Phi) is 5.66. The molecule has 1 N–H and O–H groups in total. The van der Waals surface area contributed by atoms with E-state index in [1.807, 2.05) is 73.1 Å². The zero-order valence-electron chi connectivity index (χ0n) is 15.6. The second-order valence-electron chi connectivity index (χ2n) is 6.22. The Bertz CT molecular complexity index is 931. The van der Waals surface area contributed by atoms with Crippen LogP contribution in [0.1, 0.15) is 25.0 Å². The maximum atomic E-state index is 12.3. The monoisotopic (exact) mass is 362 g/mol. The quantitative estimate of drug-likeness (QED) is 0.539. The minimum atomic E-state index is -0.647. The molecule has 138 valence electrons. The molecular weight excluding hydrogens is 340 g/mol. The van der Waals surface area contributed by atoms with E-state index in [1.165, 1.54) is 0 Å². The van der Waals surface area contributed by atoms with E-state index in [0.29, 0.717) is 11.5 Å². The molecule has 0 spiro atoms. The van der Waals surface area contributed by atoms with Crippen LogP contribution in [-0.4, -0.2) is 27.3 Å². The topological polar surface area (TPSA) is 68.5 Å². The second kappa shape index (κ2) is 8.31. The standard InChI is InChI=1S/C21H22N4O2/c1-15-6-4-5-7-20(15)27-17(3)21(26)24-23-16(2)18-8-10-19(11-9-18)25-13-12-22-14-25/h4-14,17H,1-3H3,(H,24,26)/b23-16+. The number of carbonyl (C=O) groups is 1. The predicted octanol–water partition coefficient (Wildman–Crippen LogP) is 3.49. The van der Waals surface area contributed by atoms with Gasteiger partial charge in [-0.2, -0.15) is 5.10 Å². The van der Waals surface area contributed by atoms with Crippen LogP contribution < -0.4 is 10.2 Å². The van der Waals surface area contributed by atoms with Crippen molar-refractivity contribution >= 4 is 11.6 Å². The summed E-state index contributed by atoms with van der Waals surface area (Å²) in [5, 5.41) is 4.19. The van der Waals surface area contributed by atoms with Gasteiger partial charge in [0.2, 0.25) is 0 Å².